The van der Waals surface area contributed by atoms with Crippen LogP contribution in [0.15, 0.2) is 12.4 Å². The zero-order valence-electron chi connectivity index (χ0n) is 13.3. The number of nitrogens with two attached hydrogens (primary N) is 1. The molecular formula is C15H27N7. The van der Waals surface area contributed by atoms with E-state index in [9.17, 15) is 0 Å². The topological polar surface area (TPSA) is 103 Å². The van der Waals surface area contributed by atoms with E-state index in [2.05, 4.69) is 20.6 Å². The largest absolute Gasteiger partial charge is 0.355 e. The molecule has 1 aromatic heterocycles. The number of rotatable bonds is 5. The maximum absolute atomic E-state index is 6.89. The minimum absolute atomic E-state index is 0.560. The van der Waals surface area contributed by atoms with Crippen LogP contribution in [0.4, 0.5) is 11.6 Å². The van der Waals surface area contributed by atoms with Crippen molar-refractivity contribution in [2.75, 3.05) is 30.0 Å². The summed E-state index contributed by atoms with van der Waals surface area (Å²) in [4.78, 5) is 7.98. The first-order valence-electron chi connectivity index (χ1n) is 8.05. The number of hydrazine groups is 1. The van der Waals surface area contributed by atoms with Crippen LogP contribution < -0.4 is 21.5 Å². The SMILES string of the molecule is C1CC(C2CC2)CCN1.CCNc1ncc(N(N)C=N)cn1. The fraction of sp³-hybridized carbons (Fsp3) is 0.667. The summed E-state index contributed by atoms with van der Waals surface area (Å²) in [6.07, 6.45) is 10.1. The summed E-state index contributed by atoms with van der Waals surface area (Å²) >= 11 is 0. The number of piperidine rings is 1. The van der Waals surface area contributed by atoms with Crippen LogP contribution in [0.2, 0.25) is 0 Å². The van der Waals surface area contributed by atoms with Crippen molar-refractivity contribution in [2.24, 2.45) is 17.7 Å². The molecule has 22 heavy (non-hydrogen) atoms. The molecule has 1 aliphatic heterocycles. The Labute approximate surface area is 132 Å². The lowest BCUT2D eigenvalue weighted by atomic mass is 9.93. The van der Waals surface area contributed by atoms with E-state index in [1.54, 1.807) is 12.4 Å². The maximum Gasteiger partial charge on any atom is 0.222 e. The molecule has 0 spiro atoms. The van der Waals surface area contributed by atoms with Crippen molar-refractivity contribution in [3.63, 3.8) is 0 Å². The van der Waals surface area contributed by atoms with Gasteiger partial charge in [-0.3, -0.25) is 10.4 Å². The molecule has 122 valence electrons. The Hall–Kier alpha value is -1.73. The summed E-state index contributed by atoms with van der Waals surface area (Å²) in [5, 5.41) is 14.4. The molecule has 0 atom stereocenters. The molecule has 1 aliphatic carbocycles. The van der Waals surface area contributed by atoms with Crippen LogP contribution >= 0.6 is 0 Å². The lowest BCUT2D eigenvalue weighted by Gasteiger charge is -2.21. The molecule has 2 heterocycles. The Bertz CT molecular complexity index is 438. The predicted octanol–water partition coefficient (Wildman–Crippen LogP) is 1.59. The van der Waals surface area contributed by atoms with E-state index in [1.807, 2.05) is 6.92 Å². The Morgan fingerprint density at radius 1 is 1.27 bits per heavy atom. The van der Waals surface area contributed by atoms with Crippen molar-refractivity contribution >= 4 is 18.0 Å². The minimum Gasteiger partial charge on any atom is -0.355 e. The summed E-state index contributed by atoms with van der Waals surface area (Å²) in [6, 6.07) is 0. The van der Waals surface area contributed by atoms with E-state index in [0.29, 0.717) is 11.6 Å². The first kappa shape index (κ1) is 16.6. The van der Waals surface area contributed by atoms with E-state index in [0.717, 1.165) is 29.7 Å². The monoisotopic (exact) mass is 305 g/mol. The molecular weight excluding hydrogens is 278 g/mol. The van der Waals surface area contributed by atoms with Crippen LogP contribution in [0.1, 0.15) is 32.6 Å². The van der Waals surface area contributed by atoms with Gasteiger partial charge in [0.15, 0.2) is 0 Å². The van der Waals surface area contributed by atoms with Gasteiger partial charge >= 0.3 is 0 Å². The van der Waals surface area contributed by atoms with Gasteiger partial charge in [-0.1, -0.05) is 0 Å². The Balaban J connectivity index is 0.000000170. The standard InChI is InChI=1S/C8H15N.C7H12N6/c1-2-7(1)8-3-5-9-6-4-8;1-2-10-7-11-3-6(4-12-7)13(9)5-8/h7-9H,1-6H2;3-5,8H,2,9H2,1H3,(H,10,11,12). The van der Waals surface area contributed by atoms with Crippen molar-refractivity contribution in [3.05, 3.63) is 12.4 Å². The van der Waals surface area contributed by atoms with Gasteiger partial charge in [-0.2, -0.15) is 0 Å². The first-order chi connectivity index (χ1) is 10.7. The highest BCUT2D eigenvalue weighted by Crippen LogP contribution is 2.40. The van der Waals surface area contributed by atoms with Crippen molar-refractivity contribution in [1.29, 1.82) is 5.41 Å². The van der Waals surface area contributed by atoms with E-state index in [-0.39, 0.29) is 0 Å². The van der Waals surface area contributed by atoms with Crippen molar-refractivity contribution in [3.8, 4) is 0 Å². The van der Waals surface area contributed by atoms with Crippen LogP contribution in [0, 0.1) is 17.2 Å². The van der Waals surface area contributed by atoms with Crippen LogP contribution in [0.3, 0.4) is 0 Å². The molecule has 2 aliphatic rings. The van der Waals surface area contributed by atoms with Crippen molar-refractivity contribution in [2.45, 2.75) is 32.6 Å². The van der Waals surface area contributed by atoms with Gasteiger partial charge in [-0.25, -0.2) is 15.8 Å². The Kier molecular flexibility index (Phi) is 6.54. The first-order valence-corrected chi connectivity index (χ1v) is 8.05. The number of hydrogen-bond donors (Lipinski definition) is 4. The molecule has 7 heteroatoms. The Morgan fingerprint density at radius 2 is 1.86 bits per heavy atom. The summed E-state index contributed by atoms with van der Waals surface area (Å²) in [5.74, 6) is 8.22. The number of nitrogens with zero attached hydrogens (tertiary/aromatic N) is 3. The molecule has 0 bridgehead atoms. The molecule has 0 unspecified atom stereocenters. The highest BCUT2D eigenvalue weighted by molar-refractivity contribution is 5.74. The molecule has 1 saturated heterocycles. The molecule has 7 nitrogen and oxygen atoms in total. The number of anilines is 2. The van der Waals surface area contributed by atoms with Gasteiger partial charge in [-0.05, 0) is 57.5 Å². The number of aromatic nitrogens is 2. The number of hydrogen-bond acceptors (Lipinski definition) is 6. The molecule has 5 N–H and O–H groups in total. The second kappa shape index (κ2) is 8.65. The summed E-state index contributed by atoms with van der Waals surface area (Å²) < 4.78 is 0. The lowest BCUT2D eigenvalue weighted by molar-refractivity contribution is 0.337. The third-order valence-corrected chi connectivity index (χ3v) is 4.08. The van der Waals surface area contributed by atoms with Crippen LogP contribution in [-0.2, 0) is 0 Å². The van der Waals surface area contributed by atoms with Crippen LogP contribution in [-0.4, -0.2) is 35.9 Å². The summed E-state index contributed by atoms with van der Waals surface area (Å²) in [6.45, 7) is 5.29. The van der Waals surface area contributed by atoms with Crippen LogP contribution in [0.25, 0.3) is 0 Å². The minimum atomic E-state index is 0.560. The molecule has 1 aromatic rings. The highest BCUT2D eigenvalue weighted by Gasteiger charge is 2.31. The normalized spacial score (nSPS) is 18.1. The van der Waals surface area contributed by atoms with E-state index in [1.165, 1.54) is 38.8 Å². The van der Waals surface area contributed by atoms with Gasteiger partial charge in [0.1, 0.15) is 6.34 Å². The third-order valence-electron chi connectivity index (χ3n) is 4.08. The quantitative estimate of drug-likeness (QED) is 0.285. The zero-order valence-corrected chi connectivity index (χ0v) is 13.3. The summed E-state index contributed by atoms with van der Waals surface area (Å²) in [5.41, 5.74) is 0.580. The average molecular weight is 305 g/mol. The van der Waals surface area contributed by atoms with E-state index in [4.69, 9.17) is 11.3 Å². The highest BCUT2D eigenvalue weighted by atomic mass is 15.4. The maximum atomic E-state index is 6.89. The number of nitrogens with one attached hydrogen (secondary N) is 3. The molecule has 0 aromatic carbocycles. The third kappa shape index (κ3) is 5.23. The fourth-order valence-electron chi connectivity index (χ4n) is 2.66. The molecule has 1 saturated carbocycles. The second-order valence-corrected chi connectivity index (χ2v) is 5.76. The zero-order chi connectivity index (χ0) is 15.8. The molecule has 2 fully saturated rings. The van der Waals surface area contributed by atoms with Crippen molar-refractivity contribution < 1.29 is 0 Å². The van der Waals surface area contributed by atoms with Gasteiger partial charge in [0.05, 0.1) is 18.1 Å². The Morgan fingerprint density at radius 3 is 2.36 bits per heavy atom. The summed E-state index contributed by atoms with van der Waals surface area (Å²) in [7, 11) is 0. The van der Waals surface area contributed by atoms with Gasteiger partial charge in [0, 0.05) is 6.54 Å². The molecule has 0 radical (unpaired) electrons. The van der Waals surface area contributed by atoms with Gasteiger partial charge in [0.25, 0.3) is 0 Å². The second-order valence-electron chi connectivity index (χ2n) is 5.76. The van der Waals surface area contributed by atoms with E-state index < -0.39 is 0 Å². The van der Waals surface area contributed by atoms with Gasteiger partial charge in [0.2, 0.25) is 5.95 Å². The van der Waals surface area contributed by atoms with Crippen molar-refractivity contribution in [1.82, 2.24) is 15.3 Å². The van der Waals surface area contributed by atoms with Gasteiger partial charge in [-0.15, -0.1) is 0 Å². The molecule has 3 rings (SSSR count). The lowest BCUT2D eigenvalue weighted by Crippen LogP contribution is -2.28. The van der Waals surface area contributed by atoms with E-state index >= 15 is 0 Å². The smallest absolute Gasteiger partial charge is 0.222 e. The van der Waals surface area contributed by atoms with Crippen LogP contribution in [0.5, 0.6) is 0 Å². The predicted molar refractivity (Wildman–Crippen MR) is 90.0 cm³/mol. The van der Waals surface area contributed by atoms with Gasteiger partial charge < -0.3 is 10.6 Å². The molecule has 0 amide bonds. The average Bonchev–Trinajstić information content (AvgIpc) is 3.42. The fourth-order valence-corrected chi connectivity index (χ4v) is 2.66.